The van der Waals surface area contributed by atoms with Crippen molar-refractivity contribution in [3.63, 3.8) is 0 Å². The maximum absolute atomic E-state index is 12.2. The number of hydrogen-bond donors (Lipinski definition) is 0. The van der Waals surface area contributed by atoms with Crippen LogP contribution >= 0.6 is 0 Å². The standard InChI is InChI=1S/C21H30O2/c1-16(2)14-21(4)15-17(3)10-12-19(21)23-20(22)13-11-18-8-6-5-7-9-18/h5-9,11,13,16-17,19H,10,12,14-15H2,1-4H3/b13-11+. The van der Waals surface area contributed by atoms with Gasteiger partial charge in [0.15, 0.2) is 0 Å². The molecule has 0 heterocycles. The first kappa shape index (κ1) is 17.8. The lowest BCUT2D eigenvalue weighted by Gasteiger charge is -2.44. The Bertz CT molecular complexity index is 528. The van der Waals surface area contributed by atoms with Crippen molar-refractivity contribution in [3.8, 4) is 0 Å². The molecule has 1 saturated carbocycles. The Kier molecular flexibility index (Phi) is 6.04. The molecule has 1 aliphatic rings. The van der Waals surface area contributed by atoms with Gasteiger partial charge in [-0.25, -0.2) is 4.79 Å². The molecule has 2 heteroatoms. The van der Waals surface area contributed by atoms with Crippen LogP contribution in [0, 0.1) is 17.3 Å². The predicted octanol–water partition coefficient (Wildman–Crippen LogP) is 5.48. The first-order chi connectivity index (χ1) is 10.9. The summed E-state index contributed by atoms with van der Waals surface area (Å²) in [5.74, 6) is 1.11. The maximum atomic E-state index is 12.2. The van der Waals surface area contributed by atoms with E-state index in [0.717, 1.165) is 31.2 Å². The van der Waals surface area contributed by atoms with E-state index < -0.39 is 0 Å². The highest BCUT2D eigenvalue weighted by molar-refractivity contribution is 5.87. The van der Waals surface area contributed by atoms with Gasteiger partial charge in [0, 0.05) is 11.5 Å². The van der Waals surface area contributed by atoms with Gasteiger partial charge in [0.05, 0.1) is 0 Å². The van der Waals surface area contributed by atoms with Gasteiger partial charge in [-0.15, -0.1) is 0 Å². The molecule has 3 atom stereocenters. The Morgan fingerprint density at radius 1 is 1.30 bits per heavy atom. The molecular weight excluding hydrogens is 284 g/mol. The van der Waals surface area contributed by atoms with E-state index in [1.165, 1.54) is 0 Å². The fourth-order valence-electron chi connectivity index (χ4n) is 4.07. The van der Waals surface area contributed by atoms with Gasteiger partial charge < -0.3 is 4.74 Å². The minimum absolute atomic E-state index is 0.0361. The van der Waals surface area contributed by atoms with E-state index in [0.29, 0.717) is 11.8 Å². The summed E-state index contributed by atoms with van der Waals surface area (Å²) in [7, 11) is 0. The van der Waals surface area contributed by atoms with Crippen LogP contribution in [-0.4, -0.2) is 12.1 Å². The molecule has 0 N–H and O–H groups in total. The predicted molar refractivity (Wildman–Crippen MR) is 95.9 cm³/mol. The fraction of sp³-hybridized carbons (Fsp3) is 0.571. The highest BCUT2D eigenvalue weighted by Gasteiger charge is 2.41. The van der Waals surface area contributed by atoms with Crippen molar-refractivity contribution in [3.05, 3.63) is 42.0 Å². The third-order valence-corrected chi connectivity index (χ3v) is 4.86. The van der Waals surface area contributed by atoms with Gasteiger partial charge in [0.25, 0.3) is 0 Å². The molecule has 0 spiro atoms. The molecule has 0 bridgehead atoms. The molecule has 0 radical (unpaired) electrons. The summed E-state index contributed by atoms with van der Waals surface area (Å²) in [6.07, 6.45) is 7.80. The van der Waals surface area contributed by atoms with Gasteiger partial charge in [-0.3, -0.25) is 0 Å². The Labute approximate surface area is 140 Å². The van der Waals surface area contributed by atoms with Crippen molar-refractivity contribution >= 4 is 12.0 Å². The van der Waals surface area contributed by atoms with Crippen molar-refractivity contribution in [2.45, 2.75) is 59.5 Å². The van der Waals surface area contributed by atoms with E-state index in [2.05, 4.69) is 27.7 Å². The minimum atomic E-state index is -0.219. The number of hydrogen-bond acceptors (Lipinski definition) is 2. The Balaban J connectivity index is 2.01. The van der Waals surface area contributed by atoms with E-state index in [1.54, 1.807) is 6.08 Å². The third-order valence-electron chi connectivity index (χ3n) is 4.86. The van der Waals surface area contributed by atoms with Crippen LogP contribution in [0.25, 0.3) is 6.08 Å². The van der Waals surface area contributed by atoms with Crippen LogP contribution in [-0.2, 0) is 9.53 Å². The summed E-state index contributed by atoms with van der Waals surface area (Å²) in [5.41, 5.74) is 1.12. The Morgan fingerprint density at radius 3 is 2.65 bits per heavy atom. The topological polar surface area (TPSA) is 26.3 Å². The first-order valence-electron chi connectivity index (χ1n) is 8.83. The largest absolute Gasteiger partial charge is 0.459 e. The molecule has 2 nitrogen and oxygen atoms in total. The molecule has 0 amide bonds. The average Bonchev–Trinajstić information content (AvgIpc) is 2.48. The van der Waals surface area contributed by atoms with Gasteiger partial charge >= 0.3 is 5.97 Å². The molecule has 3 unspecified atom stereocenters. The number of rotatable bonds is 5. The maximum Gasteiger partial charge on any atom is 0.331 e. The van der Waals surface area contributed by atoms with Crippen LogP contribution in [0.5, 0.6) is 0 Å². The van der Waals surface area contributed by atoms with Crippen LogP contribution < -0.4 is 0 Å². The third kappa shape index (κ3) is 5.23. The zero-order chi connectivity index (χ0) is 16.9. The highest BCUT2D eigenvalue weighted by Crippen LogP contribution is 2.45. The second kappa shape index (κ2) is 7.81. The van der Waals surface area contributed by atoms with Crippen molar-refractivity contribution in [1.29, 1.82) is 0 Å². The number of esters is 1. The zero-order valence-electron chi connectivity index (χ0n) is 14.9. The minimum Gasteiger partial charge on any atom is -0.459 e. The van der Waals surface area contributed by atoms with Crippen molar-refractivity contribution in [1.82, 2.24) is 0 Å². The summed E-state index contributed by atoms with van der Waals surface area (Å²) in [4.78, 5) is 12.2. The molecule has 0 aliphatic heterocycles. The lowest BCUT2D eigenvalue weighted by Crippen LogP contribution is -2.42. The summed E-state index contributed by atoms with van der Waals surface area (Å²) < 4.78 is 5.85. The van der Waals surface area contributed by atoms with Crippen molar-refractivity contribution in [2.24, 2.45) is 17.3 Å². The number of benzene rings is 1. The van der Waals surface area contributed by atoms with Crippen LogP contribution in [0.3, 0.4) is 0 Å². The fourth-order valence-corrected chi connectivity index (χ4v) is 4.07. The van der Waals surface area contributed by atoms with Crippen LogP contribution in [0.4, 0.5) is 0 Å². The number of ether oxygens (including phenoxy) is 1. The van der Waals surface area contributed by atoms with Crippen molar-refractivity contribution < 1.29 is 9.53 Å². The van der Waals surface area contributed by atoms with Gasteiger partial charge in [-0.2, -0.15) is 0 Å². The molecule has 1 aromatic rings. The van der Waals surface area contributed by atoms with Gasteiger partial charge in [0.1, 0.15) is 6.10 Å². The quantitative estimate of drug-likeness (QED) is 0.531. The SMILES string of the molecule is CC(C)CC1(C)CC(C)CCC1OC(=O)/C=C/c1ccccc1. The van der Waals surface area contributed by atoms with Crippen LogP contribution in [0.15, 0.2) is 36.4 Å². The van der Waals surface area contributed by atoms with Gasteiger partial charge in [0.2, 0.25) is 0 Å². The second-order valence-electron chi connectivity index (χ2n) is 7.81. The van der Waals surface area contributed by atoms with Crippen LogP contribution in [0.2, 0.25) is 0 Å². The number of carbonyl (C=O) groups excluding carboxylic acids is 1. The monoisotopic (exact) mass is 314 g/mol. The summed E-state index contributed by atoms with van der Waals surface area (Å²) >= 11 is 0. The zero-order valence-corrected chi connectivity index (χ0v) is 14.9. The highest BCUT2D eigenvalue weighted by atomic mass is 16.5. The van der Waals surface area contributed by atoms with Gasteiger partial charge in [-0.05, 0) is 49.2 Å². The molecule has 0 saturated heterocycles. The normalized spacial score (nSPS) is 28.2. The van der Waals surface area contributed by atoms with E-state index in [1.807, 2.05) is 36.4 Å². The van der Waals surface area contributed by atoms with E-state index in [4.69, 9.17) is 4.74 Å². The molecule has 1 fully saturated rings. The average molecular weight is 314 g/mol. The lowest BCUT2D eigenvalue weighted by molar-refractivity contribution is -0.155. The smallest absolute Gasteiger partial charge is 0.331 e. The van der Waals surface area contributed by atoms with Crippen LogP contribution in [0.1, 0.15) is 58.9 Å². The molecular formula is C21H30O2. The lowest BCUT2D eigenvalue weighted by atomic mass is 9.65. The molecule has 2 rings (SSSR count). The Hall–Kier alpha value is -1.57. The molecule has 126 valence electrons. The summed E-state index contributed by atoms with van der Waals surface area (Å²) in [6.45, 7) is 9.10. The van der Waals surface area contributed by atoms with E-state index in [9.17, 15) is 4.79 Å². The second-order valence-corrected chi connectivity index (χ2v) is 7.81. The number of carbonyl (C=O) groups is 1. The molecule has 0 aromatic heterocycles. The van der Waals surface area contributed by atoms with E-state index in [-0.39, 0.29) is 17.5 Å². The molecule has 1 aromatic carbocycles. The van der Waals surface area contributed by atoms with Crippen molar-refractivity contribution in [2.75, 3.05) is 0 Å². The Morgan fingerprint density at radius 2 is 2.00 bits per heavy atom. The summed E-state index contributed by atoms with van der Waals surface area (Å²) in [6, 6.07) is 9.86. The molecule has 23 heavy (non-hydrogen) atoms. The molecule has 1 aliphatic carbocycles. The summed E-state index contributed by atoms with van der Waals surface area (Å²) in [5, 5.41) is 0. The first-order valence-corrected chi connectivity index (χ1v) is 8.83. The van der Waals surface area contributed by atoms with Gasteiger partial charge in [-0.1, -0.05) is 58.0 Å². The van der Waals surface area contributed by atoms with E-state index >= 15 is 0 Å².